The van der Waals surface area contributed by atoms with Gasteiger partial charge in [0.1, 0.15) is 12.4 Å². The predicted molar refractivity (Wildman–Crippen MR) is 105 cm³/mol. The third-order valence-electron chi connectivity index (χ3n) is 6.48. The zero-order valence-electron chi connectivity index (χ0n) is 16.0. The van der Waals surface area contributed by atoms with E-state index in [9.17, 15) is 18.8 Å². The van der Waals surface area contributed by atoms with Crippen LogP contribution in [0.1, 0.15) is 38.5 Å². The molecule has 0 atom stereocenters. The van der Waals surface area contributed by atoms with Crippen LogP contribution >= 0.6 is 11.6 Å². The second-order valence-corrected chi connectivity index (χ2v) is 9.15. The SMILES string of the molecule is O=C(COC(=O)CNC(=O)C12CC3CC(CC(C3)C1)C2)Nc1ccc(Cl)cc1F. The summed E-state index contributed by atoms with van der Waals surface area (Å²) in [6.07, 6.45) is 6.44. The molecule has 1 aromatic rings. The molecule has 1 aromatic carbocycles. The summed E-state index contributed by atoms with van der Waals surface area (Å²) in [6, 6.07) is 3.83. The van der Waals surface area contributed by atoms with Crippen LogP contribution in [0.4, 0.5) is 10.1 Å². The Morgan fingerprint density at radius 1 is 1.10 bits per heavy atom. The van der Waals surface area contributed by atoms with Crippen LogP contribution in [0.2, 0.25) is 5.02 Å². The van der Waals surface area contributed by atoms with Crippen molar-refractivity contribution in [2.24, 2.45) is 23.2 Å². The van der Waals surface area contributed by atoms with Gasteiger partial charge in [0.2, 0.25) is 5.91 Å². The van der Waals surface area contributed by atoms with E-state index in [-0.39, 0.29) is 28.6 Å². The zero-order valence-corrected chi connectivity index (χ0v) is 16.8. The van der Waals surface area contributed by atoms with E-state index in [0.29, 0.717) is 17.8 Å². The Balaban J connectivity index is 1.22. The lowest BCUT2D eigenvalue weighted by Gasteiger charge is -2.55. The molecule has 0 aromatic heterocycles. The van der Waals surface area contributed by atoms with Crippen LogP contribution in [0.5, 0.6) is 0 Å². The van der Waals surface area contributed by atoms with Crippen molar-refractivity contribution in [3.05, 3.63) is 29.0 Å². The van der Waals surface area contributed by atoms with Gasteiger partial charge in [-0.2, -0.15) is 0 Å². The number of benzene rings is 1. The first kappa shape index (κ1) is 20.1. The number of anilines is 1. The van der Waals surface area contributed by atoms with E-state index in [2.05, 4.69) is 10.6 Å². The topological polar surface area (TPSA) is 84.5 Å². The number of amides is 2. The summed E-state index contributed by atoms with van der Waals surface area (Å²) < 4.78 is 18.6. The fourth-order valence-corrected chi connectivity index (χ4v) is 5.86. The van der Waals surface area contributed by atoms with Gasteiger partial charge in [-0.3, -0.25) is 14.4 Å². The van der Waals surface area contributed by atoms with Crippen molar-refractivity contribution >= 4 is 35.1 Å². The normalized spacial score (nSPS) is 29.4. The number of rotatable bonds is 6. The van der Waals surface area contributed by atoms with Gasteiger partial charge < -0.3 is 15.4 Å². The van der Waals surface area contributed by atoms with E-state index in [0.717, 1.165) is 25.3 Å². The molecule has 0 saturated heterocycles. The maximum atomic E-state index is 13.7. The van der Waals surface area contributed by atoms with Crippen LogP contribution in [-0.4, -0.2) is 30.9 Å². The second-order valence-electron chi connectivity index (χ2n) is 8.71. The van der Waals surface area contributed by atoms with Gasteiger partial charge in [-0.25, -0.2) is 4.39 Å². The molecule has 2 N–H and O–H groups in total. The molecular weight excluding hydrogens is 399 g/mol. The van der Waals surface area contributed by atoms with Crippen LogP contribution in [0, 0.1) is 29.0 Å². The van der Waals surface area contributed by atoms with E-state index in [1.165, 1.54) is 31.4 Å². The smallest absolute Gasteiger partial charge is 0.325 e. The lowest BCUT2D eigenvalue weighted by molar-refractivity contribution is -0.152. The molecule has 4 fully saturated rings. The molecule has 4 bridgehead atoms. The summed E-state index contributed by atoms with van der Waals surface area (Å²) in [4.78, 5) is 36.6. The lowest BCUT2D eigenvalue weighted by atomic mass is 9.49. The summed E-state index contributed by atoms with van der Waals surface area (Å²) in [5.74, 6) is -0.217. The molecule has 0 spiro atoms. The Morgan fingerprint density at radius 3 is 2.31 bits per heavy atom. The highest BCUT2D eigenvalue weighted by Crippen LogP contribution is 2.60. The Bertz CT molecular complexity index is 809. The number of ether oxygens (including phenoxy) is 1. The summed E-state index contributed by atoms with van der Waals surface area (Å²) in [6.45, 7) is -0.836. The minimum Gasteiger partial charge on any atom is -0.454 e. The fourth-order valence-electron chi connectivity index (χ4n) is 5.70. The zero-order chi connectivity index (χ0) is 20.6. The maximum Gasteiger partial charge on any atom is 0.325 e. The summed E-state index contributed by atoms with van der Waals surface area (Å²) in [5.41, 5.74) is -0.385. The van der Waals surface area contributed by atoms with Crippen LogP contribution in [-0.2, 0) is 19.1 Å². The van der Waals surface area contributed by atoms with Crippen molar-refractivity contribution in [2.75, 3.05) is 18.5 Å². The number of carbonyl (C=O) groups is 3. The van der Waals surface area contributed by atoms with Gasteiger partial charge in [0, 0.05) is 10.4 Å². The number of esters is 1. The minimum atomic E-state index is -0.699. The Hall–Kier alpha value is -2.15. The van der Waals surface area contributed by atoms with Crippen molar-refractivity contribution in [2.45, 2.75) is 38.5 Å². The molecule has 0 unspecified atom stereocenters. The van der Waals surface area contributed by atoms with Crippen LogP contribution < -0.4 is 10.6 Å². The Labute approximate surface area is 173 Å². The number of halogens is 2. The van der Waals surface area contributed by atoms with E-state index in [1.807, 2.05) is 0 Å². The van der Waals surface area contributed by atoms with E-state index < -0.39 is 24.3 Å². The predicted octanol–water partition coefficient (Wildman–Crippen LogP) is 3.29. The lowest BCUT2D eigenvalue weighted by Crippen LogP contribution is -2.54. The molecule has 0 radical (unpaired) electrons. The molecule has 0 heterocycles. The highest BCUT2D eigenvalue weighted by atomic mass is 35.5. The van der Waals surface area contributed by atoms with Crippen LogP contribution in [0.25, 0.3) is 0 Å². The van der Waals surface area contributed by atoms with Crippen molar-refractivity contribution in [1.82, 2.24) is 5.32 Å². The molecule has 4 aliphatic carbocycles. The monoisotopic (exact) mass is 422 g/mol. The molecule has 8 heteroatoms. The quantitative estimate of drug-likeness (QED) is 0.689. The molecular formula is C21H24ClFN2O4. The standard InChI is InChI=1S/C21H24ClFN2O4/c22-15-1-2-17(16(23)6-15)25-18(26)11-29-19(27)10-24-20(28)21-7-12-3-13(8-21)5-14(4-12)9-21/h1-2,6,12-14H,3-5,7-11H2,(H,24,28)(H,25,26). The van der Waals surface area contributed by atoms with Crippen LogP contribution in [0.15, 0.2) is 18.2 Å². The van der Waals surface area contributed by atoms with Gasteiger partial charge in [-0.15, -0.1) is 0 Å². The van der Waals surface area contributed by atoms with Gasteiger partial charge in [-0.1, -0.05) is 11.6 Å². The Morgan fingerprint density at radius 2 is 1.72 bits per heavy atom. The van der Waals surface area contributed by atoms with Crippen molar-refractivity contribution < 1.29 is 23.5 Å². The van der Waals surface area contributed by atoms with Crippen molar-refractivity contribution in [1.29, 1.82) is 0 Å². The van der Waals surface area contributed by atoms with Gasteiger partial charge in [0.05, 0.1) is 5.69 Å². The van der Waals surface area contributed by atoms with E-state index in [4.69, 9.17) is 16.3 Å². The number of hydrogen-bond acceptors (Lipinski definition) is 4. The average molecular weight is 423 g/mol. The molecule has 156 valence electrons. The molecule has 2 amide bonds. The van der Waals surface area contributed by atoms with Gasteiger partial charge in [0.15, 0.2) is 6.61 Å². The van der Waals surface area contributed by atoms with Gasteiger partial charge >= 0.3 is 5.97 Å². The summed E-state index contributed by atoms with van der Waals surface area (Å²) >= 11 is 5.66. The van der Waals surface area contributed by atoms with E-state index >= 15 is 0 Å². The largest absolute Gasteiger partial charge is 0.454 e. The van der Waals surface area contributed by atoms with Crippen LogP contribution in [0.3, 0.4) is 0 Å². The molecule has 5 rings (SSSR count). The average Bonchev–Trinajstić information content (AvgIpc) is 2.65. The highest BCUT2D eigenvalue weighted by Gasteiger charge is 2.54. The van der Waals surface area contributed by atoms with Crippen molar-refractivity contribution in [3.63, 3.8) is 0 Å². The summed E-state index contributed by atoms with van der Waals surface area (Å²) in [7, 11) is 0. The Kier molecular flexibility index (Phi) is 5.51. The first-order valence-corrected chi connectivity index (χ1v) is 10.4. The maximum absolute atomic E-state index is 13.7. The number of nitrogens with one attached hydrogen (secondary N) is 2. The highest BCUT2D eigenvalue weighted by molar-refractivity contribution is 6.30. The first-order chi connectivity index (χ1) is 13.8. The van der Waals surface area contributed by atoms with E-state index in [1.54, 1.807) is 0 Å². The number of hydrogen-bond donors (Lipinski definition) is 2. The number of carbonyl (C=O) groups excluding carboxylic acids is 3. The molecule has 0 aliphatic heterocycles. The molecule has 4 saturated carbocycles. The second kappa shape index (κ2) is 7.94. The molecule has 29 heavy (non-hydrogen) atoms. The van der Waals surface area contributed by atoms with Gasteiger partial charge in [0.25, 0.3) is 5.91 Å². The van der Waals surface area contributed by atoms with Gasteiger partial charge in [-0.05, 0) is 74.5 Å². The fraction of sp³-hybridized carbons (Fsp3) is 0.571. The molecule has 4 aliphatic rings. The minimum absolute atomic E-state index is 0.0504. The molecule has 6 nitrogen and oxygen atoms in total. The first-order valence-electron chi connectivity index (χ1n) is 10.0. The third kappa shape index (κ3) is 4.39. The van der Waals surface area contributed by atoms with Crippen molar-refractivity contribution in [3.8, 4) is 0 Å². The third-order valence-corrected chi connectivity index (χ3v) is 6.72. The summed E-state index contributed by atoms with van der Waals surface area (Å²) in [5, 5.41) is 5.23.